The minimum absolute atomic E-state index is 0.0432. The molecular formula is C16H26O5. The summed E-state index contributed by atoms with van der Waals surface area (Å²) in [6.45, 7) is 14.5. The Morgan fingerprint density at radius 2 is 1.90 bits per heavy atom. The van der Waals surface area contributed by atoms with E-state index in [1.807, 2.05) is 6.92 Å². The van der Waals surface area contributed by atoms with Crippen LogP contribution < -0.4 is 0 Å². The molecule has 0 radical (unpaired) electrons. The van der Waals surface area contributed by atoms with Crippen LogP contribution in [0.3, 0.4) is 0 Å². The van der Waals surface area contributed by atoms with E-state index in [-0.39, 0.29) is 24.8 Å². The molecule has 0 spiro atoms. The molecule has 0 saturated heterocycles. The zero-order chi connectivity index (χ0) is 16.5. The minimum Gasteiger partial charge on any atom is -0.461 e. The van der Waals surface area contributed by atoms with Crippen molar-refractivity contribution in [1.29, 1.82) is 0 Å². The Labute approximate surface area is 126 Å². The topological polar surface area (TPSA) is 61.8 Å². The predicted octanol–water partition coefficient (Wildman–Crippen LogP) is 2.66. The minimum atomic E-state index is -0.661. The SMILES string of the molecule is C=CCOCC(COC(=O)C(C)(C)CC)OC(=O)C(=C)C. The normalized spacial score (nSPS) is 12.4. The highest BCUT2D eigenvalue weighted by molar-refractivity contribution is 5.87. The van der Waals surface area contributed by atoms with Gasteiger partial charge in [-0.05, 0) is 27.2 Å². The van der Waals surface area contributed by atoms with Crippen LogP contribution in [0.2, 0.25) is 0 Å². The summed E-state index contributed by atoms with van der Waals surface area (Å²) in [7, 11) is 0. The molecule has 0 heterocycles. The molecule has 5 nitrogen and oxygen atoms in total. The molecule has 0 bridgehead atoms. The van der Waals surface area contributed by atoms with Crippen molar-refractivity contribution in [2.24, 2.45) is 5.41 Å². The Balaban J connectivity index is 4.52. The van der Waals surface area contributed by atoms with Crippen LogP contribution in [-0.2, 0) is 23.8 Å². The molecule has 0 aromatic carbocycles. The van der Waals surface area contributed by atoms with E-state index in [4.69, 9.17) is 14.2 Å². The lowest BCUT2D eigenvalue weighted by Gasteiger charge is -2.23. The summed E-state index contributed by atoms with van der Waals surface area (Å²) in [5.74, 6) is -0.863. The second-order valence-corrected chi connectivity index (χ2v) is 5.47. The highest BCUT2D eigenvalue weighted by Crippen LogP contribution is 2.21. The molecule has 1 unspecified atom stereocenters. The quantitative estimate of drug-likeness (QED) is 0.268. The molecule has 5 heteroatoms. The van der Waals surface area contributed by atoms with Crippen molar-refractivity contribution in [2.45, 2.75) is 40.2 Å². The summed E-state index contributed by atoms with van der Waals surface area (Å²) in [5.41, 5.74) is -0.283. The van der Waals surface area contributed by atoms with Gasteiger partial charge in [-0.1, -0.05) is 19.6 Å². The van der Waals surface area contributed by atoms with E-state index >= 15 is 0 Å². The van der Waals surface area contributed by atoms with Crippen molar-refractivity contribution >= 4 is 11.9 Å². The van der Waals surface area contributed by atoms with Crippen molar-refractivity contribution in [3.05, 3.63) is 24.8 Å². The third-order valence-electron chi connectivity index (χ3n) is 3.00. The first-order valence-corrected chi connectivity index (χ1v) is 6.97. The fourth-order valence-corrected chi connectivity index (χ4v) is 1.16. The zero-order valence-corrected chi connectivity index (χ0v) is 13.4. The molecule has 0 aromatic rings. The molecule has 0 amide bonds. The Morgan fingerprint density at radius 3 is 2.38 bits per heavy atom. The van der Waals surface area contributed by atoms with E-state index in [1.165, 1.54) is 0 Å². The second-order valence-electron chi connectivity index (χ2n) is 5.47. The molecule has 1 atom stereocenters. The Kier molecular flexibility index (Phi) is 8.62. The Morgan fingerprint density at radius 1 is 1.29 bits per heavy atom. The van der Waals surface area contributed by atoms with Gasteiger partial charge in [0.15, 0.2) is 6.10 Å². The number of hydrogen-bond acceptors (Lipinski definition) is 5. The van der Waals surface area contributed by atoms with Crippen LogP contribution >= 0.6 is 0 Å². The lowest BCUT2D eigenvalue weighted by Crippen LogP contribution is -2.33. The molecule has 0 aromatic heterocycles. The third kappa shape index (κ3) is 7.66. The number of hydrogen-bond donors (Lipinski definition) is 0. The van der Waals surface area contributed by atoms with Crippen LogP contribution in [0.1, 0.15) is 34.1 Å². The van der Waals surface area contributed by atoms with Gasteiger partial charge >= 0.3 is 11.9 Å². The number of carbonyl (C=O) groups is 2. The van der Waals surface area contributed by atoms with Gasteiger partial charge in [0.25, 0.3) is 0 Å². The van der Waals surface area contributed by atoms with Crippen molar-refractivity contribution in [1.82, 2.24) is 0 Å². The van der Waals surface area contributed by atoms with Crippen molar-refractivity contribution in [2.75, 3.05) is 19.8 Å². The molecule has 0 saturated carbocycles. The number of esters is 2. The Bertz CT molecular complexity index is 384. The van der Waals surface area contributed by atoms with Gasteiger partial charge in [0, 0.05) is 5.57 Å². The first-order chi connectivity index (χ1) is 9.74. The average Bonchev–Trinajstić information content (AvgIpc) is 2.43. The largest absolute Gasteiger partial charge is 0.461 e. The van der Waals surface area contributed by atoms with Crippen LogP contribution in [0.15, 0.2) is 24.8 Å². The van der Waals surface area contributed by atoms with Gasteiger partial charge < -0.3 is 14.2 Å². The molecule has 0 rings (SSSR count). The lowest BCUT2D eigenvalue weighted by atomic mass is 9.91. The van der Waals surface area contributed by atoms with Crippen LogP contribution in [0, 0.1) is 5.41 Å². The molecule has 120 valence electrons. The number of rotatable bonds is 10. The zero-order valence-electron chi connectivity index (χ0n) is 13.4. The van der Waals surface area contributed by atoms with Gasteiger partial charge in [-0.3, -0.25) is 4.79 Å². The van der Waals surface area contributed by atoms with Gasteiger partial charge in [0.1, 0.15) is 6.61 Å². The van der Waals surface area contributed by atoms with E-state index in [9.17, 15) is 9.59 Å². The number of ether oxygens (including phenoxy) is 3. The van der Waals surface area contributed by atoms with E-state index in [1.54, 1.807) is 26.8 Å². The van der Waals surface area contributed by atoms with Crippen LogP contribution in [-0.4, -0.2) is 37.9 Å². The lowest BCUT2D eigenvalue weighted by molar-refractivity contribution is -0.165. The number of carbonyl (C=O) groups excluding carboxylic acids is 2. The monoisotopic (exact) mass is 298 g/mol. The molecule has 0 N–H and O–H groups in total. The van der Waals surface area contributed by atoms with Gasteiger partial charge in [0.05, 0.1) is 18.6 Å². The van der Waals surface area contributed by atoms with E-state index in [0.29, 0.717) is 13.0 Å². The van der Waals surface area contributed by atoms with Gasteiger partial charge in [0.2, 0.25) is 0 Å². The fourth-order valence-electron chi connectivity index (χ4n) is 1.16. The van der Waals surface area contributed by atoms with E-state index in [0.717, 1.165) is 0 Å². The standard InChI is InChI=1S/C16H26O5/c1-7-9-19-10-13(21-14(17)12(3)4)11-20-15(18)16(5,6)8-2/h7,13H,1,3,8-11H2,2,4-6H3. The van der Waals surface area contributed by atoms with Crippen LogP contribution in [0.4, 0.5) is 0 Å². The molecule has 0 aliphatic carbocycles. The first-order valence-electron chi connectivity index (χ1n) is 6.97. The van der Waals surface area contributed by atoms with Gasteiger partial charge in [-0.15, -0.1) is 6.58 Å². The summed E-state index contributed by atoms with van der Waals surface area (Å²) in [6, 6.07) is 0. The second kappa shape index (κ2) is 9.34. The summed E-state index contributed by atoms with van der Waals surface area (Å²) in [6.07, 6.45) is 1.59. The van der Waals surface area contributed by atoms with Gasteiger partial charge in [-0.2, -0.15) is 0 Å². The smallest absolute Gasteiger partial charge is 0.333 e. The maximum atomic E-state index is 11.9. The maximum absolute atomic E-state index is 11.9. The summed E-state index contributed by atoms with van der Waals surface area (Å²) < 4.78 is 15.7. The molecular weight excluding hydrogens is 272 g/mol. The highest BCUT2D eigenvalue weighted by Gasteiger charge is 2.28. The maximum Gasteiger partial charge on any atom is 0.333 e. The highest BCUT2D eigenvalue weighted by atomic mass is 16.6. The van der Waals surface area contributed by atoms with Crippen LogP contribution in [0.5, 0.6) is 0 Å². The summed E-state index contributed by atoms with van der Waals surface area (Å²) in [5, 5.41) is 0. The van der Waals surface area contributed by atoms with Gasteiger partial charge in [-0.25, -0.2) is 4.79 Å². The predicted molar refractivity (Wildman–Crippen MR) is 80.7 cm³/mol. The van der Waals surface area contributed by atoms with Crippen molar-refractivity contribution < 1.29 is 23.8 Å². The van der Waals surface area contributed by atoms with Crippen LogP contribution in [0.25, 0.3) is 0 Å². The van der Waals surface area contributed by atoms with Crippen molar-refractivity contribution in [3.63, 3.8) is 0 Å². The Hall–Kier alpha value is -1.62. The summed E-state index contributed by atoms with van der Waals surface area (Å²) in [4.78, 5) is 23.5. The molecule has 0 fully saturated rings. The summed E-state index contributed by atoms with van der Waals surface area (Å²) >= 11 is 0. The average molecular weight is 298 g/mol. The molecule has 0 aliphatic rings. The first kappa shape index (κ1) is 19.4. The molecule has 0 aliphatic heterocycles. The molecule has 21 heavy (non-hydrogen) atoms. The van der Waals surface area contributed by atoms with Crippen molar-refractivity contribution in [3.8, 4) is 0 Å². The fraction of sp³-hybridized carbons (Fsp3) is 0.625. The van der Waals surface area contributed by atoms with E-state index in [2.05, 4.69) is 13.2 Å². The van der Waals surface area contributed by atoms with E-state index < -0.39 is 17.5 Å². The third-order valence-corrected chi connectivity index (χ3v) is 3.00.